The van der Waals surface area contributed by atoms with Gasteiger partial charge in [-0.2, -0.15) is 4.31 Å². The van der Waals surface area contributed by atoms with Gasteiger partial charge in [-0.15, -0.1) is 0 Å². The third-order valence-corrected chi connectivity index (χ3v) is 8.10. The molecule has 0 bridgehead atoms. The first-order chi connectivity index (χ1) is 16.9. The molecule has 9 heteroatoms. The molecule has 2 aromatic carbocycles. The Morgan fingerprint density at radius 3 is 2.56 bits per heavy atom. The summed E-state index contributed by atoms with van der Waals surface area (Å²) >= 11 is 0. The van der Waals surface area contributed by atoms with Crippen molar-refractivity contribution in [2.75, 3.05) is 13.1 Å². The first-order valence-corrected chi connectivity index (χ1v) is 13.8. The third kappa shape index (κ3) is 7.51. The third-order valence-electron chi connectivity index (χ3n) is 6.16. The molecule has 0 fully saturated rings. The van der Waals surface area contributed by atoms with Gasteiger partial charge < -0.3 is 15.2 Å². The first-order valence-electron chi connectivity index (χ1n) is 12.4. The van der Waals surface area contributed by atoms with Gasteiger partial charge in [-0.05, 0) is 75.3 Å². The van der Waals surface area contributed by atoms with Crippen molar-refractivity contribution < 1.29 is 27.4 Å². The van der Waals surface area contributed by atoms with E-state index in [-0.39, 0.29) is 30.3 Å². The maximum atomic E-state index is 14.0. The number of amides is 1. The quantitative estimate of drug-likeness (QED) is 0.542. The Labute approximate surface area is 213 Å². The van der Waals surface area contributed by atoms with Crippen LogP contribution in [-0.2, 0) is 27.6 Å². The molecular weight excluding hydrogens is 483 g/mol. The predicted octanol–water partition coefficient (Wildman–Crippen LogP) is 4.29. The molecule has 1 heterocycles. The van der Waals surface area contributed by atoms with E-state index in [1.807, 2.05) is 37.3 Å². The largest absolute Gasteiger partial charge is 0.444 e. The fourth-order valence-electron chi connectivity index (χ4n) is 4.58. The molecule has 0 spiro atoms. The summed E-state index contributed by atoms with van der Waals surface area (Å²) in [7, 11) is -3.98. The maximum Gasteiger partial charge on any atom is 0.407 e. The van der Waals surface area contributed by atoms with Gasteiger partial charge in [0.05, 0.1) is 17.0 Å². The number of alkyl carbamates (subject to hydrolysis) is 1. The zero-order valence-corrected chi connectivity index (χ0v) is 22.2. The number of halogens is 1. The van der Waals surface area contributed by atoms with Gasteiger partial charge in [0.1, 0.15) is 11.4 Å². The highest BCUT2D eigenvalue weighted by molar-refractivity contribution is 7.89. The lowest BCUT2D eigenvalue weighted by Crippen LogP contribution is -2.51. The van der Waals surface area contributed by atoms with Gasteiger partial charge >= 0.3 is 6.09 Å². The van der Waals surface area contributed by atoms with Gasteiger partial charge in [-0.1, -0.05) is 43.7 Å². The Morgan fingerprint density at radius 1 is 1.22 bits per heavy atom. The topological polar surface area (TPSA) is 95.9 Å². The van der Waals surface area contributed by atoms with Crippen LogP contribution in [-0.4, -0.2) is 54.8 Å². The Hall–Kier alpha value is -2.49. The van der Waals surface area contributed by atoms with Crippen LogP contribution < -0.4 is 5.32 Å². The molecule has 0 radical (unpaired) electrons. The van der Waals surface area contributed by atoms with Crippen LogP contribution in [0.1, 0.15) is 51.7 Å². The summed E-state index contributed by atoms with van der Waals surface area (Å²) in [5, 5.41) is 14.0. The minimum absolute atomic E-state index is 0.0218. The Kier molecular flexibility index (Phi) is 9.13. The van der Waals surface area contributed by atoms with Crippen LogP contribution in [0.15, 0.2) is 53.4 Å². The molecule has 3 rings (SSSR count). The molecule has 3 atom stereocenters. The number of nitrogens with zero attached hydrogens (tertiary/aromatic N) is 1. The van der Waals surface area contributed by atoms with Crippen LogP contribution in [0.5, 0.6) is 0 Å². The second-order valence-electron chi connectivity index (χ2n) is 10.4. The van der Waals surface area contributed by atoms with E-state index in [1.54, 1.807) is 20.8 Å². The van der Waals surface area contributed by atoms with E-state index >= 15 is 0 Å². The maximum absolute atomic E-state index is 14.0. The lowest BCUT2D eigenvalue weighted by Gasteiger charge is -2.31. The molecule has 2 aromatic rings. The molecule has 0 saturated heterocycles. The smallest absolute Gasteiger partial charge is 0.407 e. The normalized spacial score (nSPS) is 19.6. The van der Waals surface area contributed by atoms with Crippen molar-refractivity contribution in [1.82, 2.24) is 9.62 Å². The van der Waals surface area contributed by atoms with Crippen LogP contribution in [0, 0.1) is 11.7 Å². The number of carbonyl (C=O) groups excluding carboxylic acids is 1. The van der Waals surface area contributed by atoms with Crippen molar-refractivity contribution in [2.24, 2.45) is 5.92 Å². The number of ether oxygens (including phenoxy) is 1. The summed E-state index contributed by atoms with van der Waals surface area (Å²) in [4.78, 5) is 12.6. The SMILES string of the molecule is CCC[C@H]1Cc2cc(F)ccc2S(=O)(=O)N(C[C@@H](O)[C@H](Cc2ccccc2)NC(=O)OC(C)(C)C)C1. The number of fused-ring (bicyclic) bond motifs is 1. The van der Waals surface area contributed by atoms with Crippen molar-refractivity contribution >= 4 is 16.1 Å². The predicted molar refractivity (Wildman–Crippen MR) is 137 cm³/mol. The second-order valence-corrected chi connectivity index (χ2v) is 12.3. The van der Waals surface area contributed by atoms with Crippen LogP contribution in [0.3, 0.4) is 0 Å². The molecule has 0 aromatic heterocycles. The number of benzene rings is 2. The van der Waals surface area contributed by atoms with Crippen molar-refractivity contribution in [3.05, 3.63) is 65.5 Å². The number of aliphatic hydroxyl groups excluding tert-OH is 1. The number of β-amino-alcohol motifs (C(OH)–C–C–N with tert-alkyl or cyclic N) is 1. The number of hydrogen-bond donors (Lipinski definition) is 2. The summed E-state index contributed by atoms with van der Waals surface area (Å²) in [5.41, 5.74) is 0.603. The molecule has 1 amide bonds. The molecule has 1 aliphatic rings. The standard InChI is InChI=1S/C27H37FN2O5S/c1-5-9-20-14-21-16-22(28)12-13-25(21)36(33,34)30(17-20)18-24(31)23(15-19-10-7-6-8-11-19)29-26(32)35-27(2,3)4/h6-8,10-13,16,20,23-24,31H,5,9,14-15,17-18H2,1-4H3,(H,29,32)/t20-,23-,24+/m0/s1. The van der Waals surface area contributed by atoms with Crippen molar-refractivity contribution in [1.29, 1.82) is 0 Å². The molecular formula is C27H37FN2O5S. The van der Waals surface area contributed by atoms with Gasteiger partial charge in [0.25, 0.3) is 0 Å². The highest BCUT2D eigenvalue weighted by Gasteiger charge is 2.36. The van der Waals surface area contributed by atoms with Gasteiger partial charge in [0.15, 0.2) is 0 Å². The monoisotopic (exact) mass is 520 g/mol. The lowest BCUT2D eigenvalue weighted by molar-refractivity contribution is 0.0399. The summed E-state index contributed by atoms with van der Waals surface area (Å²) < 4.78 is 47.8. The average molecular weight is 521 g/mol. The second kappa shape index (κ2) is 11.7. The Morgan fingerprint density at radius 2 is 1.92 bits per heavy atom. The van der Waals surface area contributed by atoms with E-state index in [2.05, 4.69) is 5.32 Å². The molecule has 0 saturated carbocycles. The van der Waals surface area contributed by atoms with Crippen LogP contribution >= 0.6 is 0 Å². The Balaban J connectivity index is 1.89. The fourth-order valence-corrected chi connectivity index (χ4v) is 6.33. The van der Waals surface area contributed by atoms with E-state index in [0.29, 0.717) is 12.0 Å². The minimum Gasteiger partial charge on any atom is -0.444 e. The van der Waals surface area contributed by atoms with Gasteiger partial charge in [-0.25, -0.2) is 17.6 Å². The van der Waals surface area contributed by atoms with Gasteiger partial charge in [0, 0.05) is 13.1 Å². The highest BCUT2D eigenvalue weighted by Crippen LogP contribution is 2.31. The van der Waals surface area contributed by atoms with E-state index in [0.717, 1.165) is 24.5 Å². The van der Waals surface area contributed by atoms with Crippen LogP contribution in [0.2, 0.25) is 0 Å². The molecule has 2 N–H and O–H groups in total. The fraction of sp³-hybridized carbons (Fsp3) is 0.519. The van der Waals surface area contributed by atoms with E-state index in [4.69, 9.17) is 4.74 Å². The number of rotatable bonds is 8. The summed E-state index contributed by atoms with van der Waals surface area (Å²) in [6, 6.07) is 12.3. The van der Waals surface area contributed by atoms with E-state index < -0.39 is 39.7 Å². The summed E-state index contributed by atoms with van der Waals surface area (Å²) in [5.74, 6) is -0.497. The van der Waals surface area contributed by atoms with Gasteiger partial charge in [0.2, 0.25) is 10.0 Å². The van der Waals surface area contributed by atoms with E-state index in [1.165, 1.54) is 16.4 Å². The minimum atomic E-state index is -3.98. The zero-order valence-electron chi connectivity index (χ0n) is 21.4. The van der Waals surface area contributed by atoms with Crippen molar-refractivity contribution in [3.8, 4) is 0 Å². The number of nitrogens with one attached hydrogen (secondary N) is 1. The number of aliphatic hydroxyl groups is 1. The molecule has 7 nitrogen and oxygen atoms in total. The van der Waals surface area contributed by atoms with Crippen molar-refractivity contribution in [2.45, 2.75) is 76.0 Å². The highest BCUT2D eigenvalue weighted by atomic mass is 32.2. The number of carbonyl (C=O) groups is 1. The molecule has 0 aliphatic carbocycles. The first kappa shape index (κ1) is 28.1. The Bertz CT molecular complexity index is 1130. The van der Waals surface area contributed by atoms with E-state index in [9.17, 15) is 22.7 Å². The average Bonchev–Trinajstić information content (AvgIpc) is 2.86. The summed E-state index contributed by atoms with van der Waals surface area (Å²) in [6.45, 7) is 7.24. The molecule has 198 valence electrons. The molecule has 1 aliphatic heterocycles. The number of sulfonamides is 1. The van der Waals surface area contributed by atoms with Gasteiger partial charge in [-0.3, -0.25) is 0 Å². The van der Waals surface area contributed by atoms with Crippen LogP contribution in [0.4, 0.5) is 9.18 Å². The summed E-state index contributed by atoms with van der Waals surface area (Å²) in [6.07, 6.45) is 0.443. The van der Waals surface area contributed by atoms with Crippen molar-refractivity contribution in [3.63, 3.8) is 0 Å². The van der Waals surface area contributed by atoms with Crippen LogP contribution in [0.25, 0.3) is 0 Å². The molecule has 36 heavy (non-hydrogen) atoms. The lowest BCUT2D eigenvalue weighted by atomic mass is 9.94. The number of hydrogen-bond acceptors (Lipinski definition) is 5. The zero-order chi connectivity index (χ0) is 26.5. The molecule has 0 unspecified atom stereocenters.